The standard InChI is InChI=1S/C12H12O3S/c1-8-9(2)12(16(13,14)15)11-7-5-3-4-6-10(8)11/h3-7H,1-2H3,(H,13,14,15). The van der Waals surface area contributed by atoms with Crippen molar-refractivity contribution < 1.29 is 13.0 Å². The Balaban J connectivity index is 2.95. The van der Waals surface area contributed by atoms with Crippen LogP contribution in [0.1, 0.15) is 11.1 Å². The van der Waals surface area contributed by atoms with Crippen LogP contribution in [0, 0.1) is 13.8 Å². The summed E-state index contributed by atoms with van der Waals surface area (Å²) >= 11 is 0. The molecule has 0 atom stereocenters. The van der Waals surface area contributed by atoms with Gasteiger partial charge in [0.05, 0.1) is 0 Å². The summed E-state index contributed by atoms with van der Waals surface area (Å²) in [5.41, 5.74) is 2.93. The van der Waals surface area contributed by atoms with E-state index in [1.807, 2.05) is 25.1 Å². The maximum absolute atomic E-state index is 11.3. The van der Waals surface area contributed by atoms with Gasteiger partial charge in [-0.15, -0.1) is 0 Å². The lowest BCUT2D eigenvalue weighted by Gasteiger charge is -1.98. The molecule has 0 fully saturated rings. The Morgan fingerprint density at radius 3 is 2.06 bits per heavy atom. The Labute approximate surface area is 94.8 Å². The Kier molecular flexibility index (Phi) is 2.48. The third-order valence-electron chi connectivity index (χ3n) is 2.85. The molecule has 0 saturated heterocycles. The lowest BCUT2D eigenvalue weighted by atomic mass is 10.1. The van der Waals surface area contributed by atoms with Crippen molar-refractivity contribution in [2.75, 3.05) is 0 Å². The minimum Gasteiger partial charge on any atom is -0.282 e. The van der Waals surface area contributed by atoms with E-state index in [1.165, 1.54) is 0 Å². The fourth-order valence-corrected chi connectivity index (χ4v) is 2.97. The molecular weight excluding hydrogens is 224 g/mol. The molecule has 0 saturated carbocycles. The minimum atomic E-state index is -4.17. The molecule has 0 unspecified atom stereocenters. The van der Waals surface area contributed by atoms with Gasteiger partial charge in [0.25, 0.3) is 10.1 Å². The maximum atomic E-state index is 11.3. The molecular formula is C12H12O3S. The van der Waals surface area contributed by atoms with E-state index >= 15 is 0 Å². The van der Waals surface area contributed by atoms with Crippen LogP contribution in [0.15, 0.2) is 35.2 Å². The fourth-order valence-electron chi connectivity index (χ4n) is 1.98. The van der Waals surface area contributed by atoms with Crippen LogP contribution in [-0.2, 0) is 10.1 Å². The second-order valence-corrected chi connectivity index (χ2v) is 5.15. The maximum Gasteiger partial charge on any atom is 0.295 e. The van der Waals surface area contributed by atoms with Gasteiger partial charge in [-0.2, -0.15) is 8.42 Å². The highest BCUT2D eigenvalue weighted by atomic mass is 32.2. The first-order valence-electron chi connectivity index (χ1n) is 4.88. The van der Waals surface area contributed by atoms with Gasteiger partial charge in [-0.05, 0) is 30.5 Å². The lowest BCUT2D eigenvalue weighted by Crippen LogP contribution is -1.99. The highest BCUT2D eigenvalue weighted by Crippen LogP contribution is 2.37. The van der Waals surface area contributed by atoms with Crippen molar-refractivity contribution in [1.82, 2.24) is 0 Å². The monoisotopic (exact) mass is 236 g/mol. The SMILES string of the molecule is Cc1c2cccccc-2c(S(=O)(=O)O)c1C. The molecule has 0 spiro atoms. The highest BCUT2D eigenvalue weighted by Gasteiger charge is 2.25. The van der Waals surface area contributed by atoms with Gasteiger partial charge in [0.1, 0.15) is 4.90 Å². The summed E-state index contributed by atoms with van der Waals surface area (Å²) in [5, 5.41) is 0. The molecule has 0 radical (unpaired) electrons. The van der Waals surface area contributed by atoms with E-state index in [2.05, 4.69) is 0 Å². The van der Waals surface area contributed by atoms with Gasteiger partial charge in [0, 0.05) is 5.56 Å². The van der Waals surface area contributed by atoms with Crippen LogP contribution in [0.2, 0.25) is 0 Å². The van der Waals surface area contributed by atoms with Crippen LogP contribution in [0.25, 0.3) is 11.1 Å². The number of hydrogen-bond acceptors (Lipinski definition) is 2. The van der Waals surface area contributed by atoms with Crippen LogP contribution in [0.5, 0.6) is 0 Å². The summed E-state index contributed by atoms with van der Waals surface area (Å²) in [6.45, 7) is 3.56. The van der Waals surface area contributed by atoms with E-state index in [0.717, 1.165) is 11.1 Å². The minimum absolute atomic E-state index is 0.0243. The molecule has 0 aliphatic heterocycles. The highest BCUT2D eigenvalue weighted by molar-refractivity contribution is 7.86. The van der Waals surface area contributed by atoms with Crippen molar-refractivity contribution >= 4 is 10.1 Å². The average molecular weight is 236 g/mol. The Morgan fingerprint density at radius 2 is 1.50 bits per heavy atom. The quantitative estimate of drug-likeness (QED) is 0.774. The van der Waals surface area contributed by atoms with Gasteiger partial charge in [0.15, 0.2) is 0 Å². The van der Waals surface area contributed by atoms with Crippen LogP contribution in [0.4, 0.5) is 0 Å². The van der Waals surface area contributed by atoms with Crippen LogP contribution < -0.4 is 0 Å². The van der Waals surface area contributed by atoms with Gasteiger partial charge in [-0.3, -0.25) is 4.55 Å². The first-order valence-corrected chi connectivity index (χ1v) is 6.32. The molecule has 1 N–H and O–H groups in total. The molecule has 4 heteroatoms. The molecule has 0 bridgehead atoms. The molecule has 2 aliphatic carbocycles. The molecule has 0 aromatic heterocycles. The molecule has 3 nitrogen and oxygen atoms in total. The van der Waals surface area contributed by atoms with Gasteiger partial charge in [-0.1, -0.05) is 30.3 Å². The Morgan fingerprint density at radius 1 is 0.938 bits per heavy atom. The second kappa shape index (κ2) is 3.57. The first kappa shape index (κ1) is 11.1. The summed E-state index contributed by atoms with van der Waals surface area (Å²) in [4.78, 5) is 0.0243. The van der Waals surface area contributed by atoms with Crippen molar-refractivity contribution in [3.63, 3.8) is 0 Å². The van der Waals surface area contributed by atoms with E-state index in [4.69, 9.17) is 0 Å². The average Bonchev–Trinajstić information content (AvgIpc) is 2.39. The van der Waals surface area contributed by atoms with Crippen molar-refractivity contribution in [1.29, 1.82) is 0 Å². The van der Waals surface area contributed by atoms with Crippen LogP contribution in [0.3, 0.4) is 0 Å². The normalized spacial score (nSPS) is 11.9. The van der Waals surface area contributed by atoms with Crippen LogP contribution >= 0.6 is 0 Å². The van der Waals surface area contributed by atoms with Gasteiger partial charge in [-0.25, -0.2) is 0 Å². The van der Waals surface area contributed by atoms with Crippen molar-refractivity contribution in [3.8, 4) is 11.1 Å². The third-order valence-corrected chi connectivity index (χ3v) is 3.89. The van der Waals surface area contributed by atoms with E-state index in [1.54, 1.807) is 19.1 Å². The summed E-state index contributed by atoms with van der Waals surface area (Å²) in [7, 11) is -4.17. The molecule has 0 heterocycles. The summed E-state index contributed by atoms with van der Waals surface area (Å²) < 4.78 is 31.9. The summed E-state index contributed by atoms with van der Waals surface area (Å²) in [5.74, 6) is 0. The van der Waals surface area contributed by atoms with Gasteiger partial charge < -0.3 is 0 Å². The van der Waals surface area contributed by atoms with E-state index in [0.29, 0.717) is 11.1 Å². The molecule has 2 rings (SSSR count). The van der Waals surface area contributed by atoms with Gasteiger partial charge in [0.2, 0.25) is 0 Å². The fraction of sp³-hybridized carbons (Fsp3) is 0.167. The first-order chi connectivity index (χ1) is 7.43. The number of hydrogen-bond donors (Lipinski definition) is 1. The zero-order valence-corrected chi connectivity index (χ0v) is 9.88. The predicted molar refractivity (Wildman–Crippen MR) is 62.4 cm³/mol. The zero-order chi connectivity index (χ0) is 11.9. The predicted octanol–water partition coefficient (Wildman–Crippen LogP) is 2.65. The summed E-state index contributed by atoms with van der Waals surface area (Å²) in [6.07, 6.45) is 0. The zero-order valence-electron chi connectivity index (χ0n) is 9.06. The lowest BCUT2D eigenvalue weighted by molar-refractivity contribution is 0.483. The third kappa shape index (κ3) is 1.60. The number of fused-ring (bicyclic) bond motifs is 1. The molecule has 2 aliphatic rings. The summed E-state index contributed by atoms with van der Waals surface area (Å²) in [6, 6.07) is 8.99. The molecule has 0 amide bonds. The Hall–Kier alpha value is -1.39. The second-order valence-electron chi connectivity index (χ2n) is 3.79. The van der Waals surface area contributed by atoms with E-state index in [9.17, 15) is 13.0 Å². The molecule has 0 aromatic carbocycles. The molecule has 84 valence electrons. The topological polar surface area (TPSA) is 54.4 Å². The van der Waals surface area contributed by atoms with E-state index < -0.39 is 10.1 Å². The number of rotatable bonds is 1. The smallest absolute Gasteiger partial charge is 0.282 e. The van der Waals surface area contributed by atoms with Crippen molar-refractivity contribution in [2.45, 2.75) is 18.7 Å². The molecule has 16 heavy (non-hydrogen) atoms. The largest absolute Gasteiger partial charge is 0.295 e. The molecule has 0 aromatic rings. The van der Waals surface area contributed by atoms with Crippen molar-refractivity contribution in [3.05, 3.63) is 41.5 Å². The Bertz CT molecular complexity index is 614. The van der Waals surface area contributed by atoms with Gasteiger partial charge >= 0.3 is 0 Å². The van der Waals surface area contributed by atoms with Crippen LogP contribution in [-0.4, -0.2) is 13.0 Å². The van der Waals surface area contributed by atoms with Crippen molar-refractivity contribution in [2.24, 2.45) is 0 Å². The van der Waals surface area contributed by atoms with E-state index in [-0.39, 0.29) is 4.90 Å².